The number of hydrogen-bond acceptors (Lipinski definition) is 3. The maximum atomic E-state index is 5.87. The largest absolute Gasteiger partial charge is 0.489 e. The van der Waals surface area contributed by atoms with E-state index in [1.165, 1.54) is 0 Å². The lowest BCUT2D eigenvalue weighted by atomic mass is 10.2. The first-order valence-electron chi connectivity index (χ1n) is 7.61. The zero-order chi connectivity index (χ0) is 16.6. The van der Waals surface area contributed by atoms with Crippen molar-refractivity contribution in [2.45, 2.75) is 6.61 Å². The van der Waals surface area contributed by atoms with Gasteiger partial charge in [0.1, 0.15) is 12.4 Å². The predicted octanol–water partition coefficient (Wildman–Crippen LogP) is 5.37. The summed E-state index contributed by atoms with van der Waals surface area (Å²) >= 11 is 5.87. The number of hydrogen-bond donors (Lipinski definition) is 1. The molecule has 0 atom stereocenters. The SMILES string of the molecule is Clc1ccc(COc2ccc(/C=N/Nc3ccccc3)cc2)cc1. The number of rotatable bonds is 6. The molecule has 0 bridgehead atoms. The van der Waals surface area contributed by atoms with Crippen LogP contribution in [0.2, 0.25) is 5.02 Å². The molecule has 4 heteroatoms. The maximum absolute atomic E-state index is 5.87. The Labute approximate surface area is 146 Å². The van der Waals surface area contributed by atoms with Gasteiger partial charge in [0.15, 0.2) is 0 Å². The molecule has 0 unspecified atom stereocenters. The summed E-state index contributed by atoms with van der Waals surface area (Å²) in [4.78, 5) is 0. The van der Waals surface area contributed by atoms with Crippen molar-refractivity contribution >= 4 is 23.5 Å². The van der Waals surface area contributed by atoms with Crippen molar-refractivity contribution in [3.8, 4) is 5.75 Å². The fourth-order valence-electron chi connectivity index (χ4n) is 2.09. The van der Waals surface area contributed by atoms with E-state index in [-0.39, 0.29) is 0 Å². The molecule has 0 saturated heterocycles. The Kier molecular flexibility index (Phi) is 5.48. The van der Waals surface area contributed by atoms with E-state index >= 15 is 0 Å². The summed E-state index contributed by atoms with van der Waals surface area (Å²) in [7, 11) is 0. The molecule has 0 aliphatic carbocycles. The van der Waals surface area contributed by atoms with E-state index in [4.69, 9.17) is 16.3 Å². The minimum Gasteiger partial charge on any atom is -0.489 e. The van der Waals surface area contributed by atoms with Crippen molar-refractivity contribution < 1.29 is 4.74 Å². The molecule has 0 saturated carbocycles. The van der Waals surface area contributed by atoms with Gasteiger partial charge in [0.25, 0.3) is 0 Å². The van der Waals surface area contributed by atoms with Crippen LogP contribution >= 0.6 is 11.6 Å². The lowest BCUT2D eigenvalue weighted by Crippen LogP contribution is -1.95. The van der Waals surface area contributed by atoms with Crippen molar-refractivity contribution in [2.24, 2.45) is 5.10 Å². The van der Waals surface area contributed by atoms with E-state index in [0.717, 1.165) is 27.6 Å². The summed E-state index contributed by atoms with van der Waals surface area (Å²) in [6.07, 6.45) is 1.77. The van der Waals surface area contributed by atoms with Crippen LogP contribution in [0.3, 0.4) is 0 Å². The smallest absolute Gasteiger partial charge is 0.119 e. The highest BCUT2D eigenvalue weighted by atomic mass is 35.5. The normalized spacial score (nSPS) is 10.7. The number of halogens is 1. The van der Waals surface area contributed by atoms with Gasteiger partial charge in [-0.05, 0) is 59.7 Å². The Morgan fingerprint density at radius 2 is 1.58 bits per heavy atom. The molecule has 24 heavy (non-hydrogen) atoms. The summed E-state index contributed by atoms with van der Waals surface area (Å²) in [6, 6.07) is 25.2. The summed E-state index contributed by atoms with van der Waals surface area (Å²) in [5, 5.41) is 4.94. The second kappa shape index (κ2) is 8.18. The molecule has 3 nitrogen and oxygen atoms in total. The fourth-order valence-corrected chi connectivity index (χ4v) is 2.22. The van der Waals surface area contributed by atoms with Gasteiger partial charge in [0.2, 0.25) is 0 Å². The molecule has 0 fully saturated rings. The van der Waals surface area contributed by atoms with Gasteiger partial charge < -0.3 is 4.74 Å². The zero-order valence-electron chi connectivity index (χ0n) is 13.0. The number of benzene rings is 3. The summed E-state index contributed by atoms with van der Waals surface area (Å²) in [5.41, 5.74) is 6.02. The van der Waals surface area contributed by atoms with E-state index < -0.39 is 0 Å². The van der Waals surface area contributed by atoms with Crippen LogP contribution in [-0.4, -0.2) is 6.21 Å². The van der Waals surface area contributed by atoms with E-state index in [1.807, 2.05) is 78.9 Å². The van der Waals surface area contributed by atoms with Gasteiger partial charge >= 0.3 is 0 Å². The first-order chi connectivity index (χ1) is 11.8. The van der Waals surface area contributed by atoms with Gasteiger partial charge in [-0.25, -0.2) is 0 Å². The summed E-state index contributed by atoms with van der Waals surface area (Å²) < 4.78 is 5.76. The fraction of sp³-hybridized carbons (Fsp3) is 0.0500. The lowest BCUT2D eigenvalue weighted by molar-refractivity contribution is 0.306. The van der Waals surface area contributed by atoms with Crippen LogP contribution < -0.4 is 10.2 Å². The molecule has 3 rings (SSSR count). The van der Waals surface area contributed by atoms with Crippen LogP contribution in [0.25, 0.3) is 0 Å². The Morgan fingerprint density at radius 1 is 0.875 bits per heavy atom. The topological polar surface area (TPSA) is 33.6 Å². The van der Waals surface area contributed by atoms with E-state index in [0.29, 0.717) is 6.61 Å². The number of anilines is 1. The molecule has 3 aromatic carbocycles. The van der Waals surface area contributed by atoms with E-state index in [2.05, 4.69) is 10.5 Å². The third-order valence-corrected chi connectivity index (χ3v) is 3.63. The quantitative estimate of drug-likeness (QED) is 0.485. The molecule has 0 amide bonds. The highest BCUT2D eigenvalue weighted by Gasteiger charge is 1.97. The molecule has 1 N–H and O–H groups in total. The average molecular weight is 337 g/mol. The van der Waals surface area contributed by atoms with Gasteiger partial charge in [-0.15, -0.1) is 0 Å². The molecular weight excluding hydrogens is 320 g/mol. The second-order valence-corrected chi connectivity index (χ2v) is 5.66. The van der Waals surface area contributed by atoms with Crippen LogP contribution in [0.5, 0.6) is 5.75 Å². The van der Waals surface area contributed by atoms with Gasteiger partial charge in [-0.1, -0.05) is 41.9 Å². The van der Waals surface area contributed by atoms with Crippen LogP contribution in [0, 0.1) is 0 Å². The van der Waals surface area contributed by atoms with E-state index in [1.54, 1.807) is 6.21 Å². The van der Waals surface area contributed by atoms with Crippen LogP contribution in [0.15, 0.2) is 84.0 Å². The predicted molar refractivity (Wildman–Crippen MR) is 99.9 cm³/mol. The molecule has 3 aromatic rings. The Hall–Kier alpha value is -2.78. The molecule has 0 aliphatic rings. The van der Waals surface area contributed by atoms with Crippen molar-refractivity contribution in [3.63, 3.8) is 0 Å². The second-order valence-electron chi connectivity index (χ2n) is 5.22. The number of ether oxygens (including phenoxy) is 1. The summed E-state index contributed by atoms with van der Waals surface area (Å²) in [6.45, 7) is 0.514. The van der Waals surface area contributed by atoms with Crippen LogP contribution in [0.1, 0.15) is 11.1 Å². The average Bonchev–Trinajstić information content (AvgIpc) is 2.63. The highest BCUT2D eigenvalue weighted by molar-refractivity contribution is 6.30. The summed E-state index contributed by atoms with van der Waals surface area (Å²) in [5.74, 6) is 0.818. The van der Waals surface area contributed by atoms with Gasteiger partial charge in [0, 0.05) is 5.02 Å². The van der Waals surface area contributed by atoms with Crippen LogP contribution in [-0.2, 0) is 6.61 Å². The van der Waals surface area contributed by atoms with Crippen molar-refractivity contribution in [2.75, 3.05) is 5.43 Å². The lowest BCUT2D eigenvalue weighted by Gasteiger charge is -2.06. The number of hydrazone groups is 1. The van der Waals surface area contributed by atoms with Crippen molar-refractivity contribution in [1.29, 1.82) is 0 Å². The monoisotopic (exact) mass is 336 g/mol. The molecule has 120 valence electrons. The maximum Gasteiger partial charge on any atom is 0.119 e. The highest BCUT2D eigenvalue weighted by Crippen LogP contribution is 2.15. The van der Waals surface area contributed by atoms with Crippen molar-refractivity contribution in [3.05, 3.63) is 95.0 Å². The van der Waals surface area contributed by atoms with Crippen LogP contribution in [0.4, 0.5) is 5.69 Å². The molecule has 0 spiro atoms. The molecule has 0 aliphatic heterocycles. The Bertz CT molecular complexity index is 784. The van der Waals surface area contributed by atoms with Gasteiger partial charge in [0.05, 0.1) is 11.9 Å². The number of nitrogens with zero attached hydrogens (tertiary/aromatic N) is 1. The molecule has 0 radical (unpaired) electrons. The number of nitrogens with one attached hydrogen (secondary N) is 1. The van der Waals surface area contributed by atoms with Crippen molar-refractivity contribution in [1.82, 2.24) is 0 Å². The minimum atomic E-state index is 0.514. The zero-order valence-corrected chi connectivity index (χ0v) is 13.8. The molecule has 0 aromatic heterocycles. The Morgan fingerprint density at radius 3 is 2.29 bits per heavy atom. The third-order valence-electron chi connectivity index (χ3n) is 3.38. The molecular formula is C20H17ClN2O. The van der Waals surface area contributed by atoms with Gasteiger partial charge in [-0.3, -0.25) is 5.43 Å². The van der Waals surface area contributed by atoms with E-state index in [9.17, 15) is 0 Å². The minimum absolute atomic E-state index is 0.514. The first-order valence-corrected chi connectivity index (χ1v) is 7.99. The molecule has 0 heterocycles. The first kappa shape index (κ1) is 16.1. The number of para-hydroxylation sites is 1. The Balaban J connectivity index is 1.52. The standard InChI is InChI=1S/C20H17ClN2O/c21-18-10-6-17(7-11-18)15-24-20-12-8-16(9-13-20)14-22-23-19-4-2-1-3-5-19/h1-14,23H,15H2/b22-14+. The third kappa shape index (κ3) is 4.86. The van der Waals surface area contributed by atoms with Gasteiger partial charge in [-0.2, -0.15) is 5.10 Å².